The lowest BCUT2D eigenvalue weighted by Gasteiger charge is -2.14. The number of amides is 1. The summed E-state index contributed by atoms with van der Waals surface area (Å²) >= 11 is 9.81. The first kappa shape index (κ1) is 26.3. The highest BCUT2D eigenvalue weighted by atomic mass is 79.9. The number of anilines is 1. The van der Waals surface area contributed by atoms with Crippen molar-refractivity contribution in [1.29, 1.82) is 0 Å². The Labute approximate surface area is 224 Å². The van der Waals surface area contributed by atoms with E-state index in [0.717, 1.165) is 4.47 Å². The first-order chi connectivity index (χ1) is 17.7. The van der Waals surface area contributed by atoms with Crippen molar-refractivity contribution in [2.75, 3.05) is 18.5 Å². The maximum Gasteiger partial charge on any atom is 0.282 e. The lowest BCUT2D eigenvalue weighted by atomic mass is 10.2. The van der Waals surface area contributed by atoms with E-state index >= 15 is 0 Å². The van der Waals surface area contributed by atoms with Crippen molar-refractivity contribution < 1.29 is 18.7 Å². The van der Waals surface area contributed by atoms with E-state index in [1.165, 1.54) is 35.2 Å². The Morgan fingerprint density at radius 1 is 1.19 bits per heavy atom. The van der Waals surface area contributed by atoms with Gasteiger partial charge in [0.2, 0.25) is 0 Å². The van der Waals surface area contributed by atoms with Crippen LogP contribution in [0.15, 0.2) is 69.0 Å². The van der Waals surface area contributed by atoms with Gasteiger partial charge >= 0.3 is 0 Å². The summed E-state index contributed by atoms with van der Waals surface area (Å²) in [6.07, 6.45) is 1.46. The van der Waals surface area contributed by atoms with Crippen LogP contribution in [0.25, 0.3) is 10.9 Å². The van der Waals surface area contributed by atoms with E-state index in [0.29, 0.717) is 40.3 Å². The van der Waals surface area contributed by atoms with E-state index in [9.17, 15) is 14.0 Å². The number of benzene rings is 3. The summed E-state index contributed by atoms with van der Waals surface area (Å²) in [5.41, 5.74) is 1.23. The number of carbonyl (C=O) groups excluding carboxylic acids is 1. The molecule has 0 radical (unpaired) electrons. The number of nitrogens with zero attached hydrogens (tertiary/aromatic N) is 3. The second kappa shape index (κ2) is 11.5. The Morgan fingerprint density at radius 2 is 1.95 bits per heavy atom. The molecule has 1 heterocycles. The third-order valence-corrected chi connectivity index (χ3v) is 5.87. The number of nitrogens with one attached hydrogen (secondary N) is 1. The van der Waals surface area contributed by atoms with Crippen molar-refractivity contribution in [3.8, 4) is 11.5 Å². The van der Waals surface area contributed by atoms with E-state index in [1.807, 2.05) is 6.07 Å². The van der Waals surface area contributed by atoms with Crippen LogP contribution in [0.5, 0.6) is 11.5 Å². The summed E-state index contributed by atoms with van der Waals surface area (Å²) in [4.78, 5) is 29.7. The normalized spacial score (nSPS) is 11.2. The molecule has 0 aliphatic rings. The standard InChI is InChI=1S/C26H21BrClFN4O4/c1-3-36-23-11-16(13-30-33-15(2)31-22-9-4-17(27)12-20(22)26(33)35)10-21(28)25(23)37-14-24(34)32-19-7-5-18(29)6-8-19/h4-13H,3,14H2,1-2H3,(H,32,34). The molecule has 0 fully saturated rings. The molecule has 4 aromatic rings. The zero-order chi connectivity index (χ0) is 26.5. The second-order valence-electron chi connectivity index (χ2n) is 7.79. The van der Waals surface area contributed by atoms with Gasteiger partial charge in [-0.3, -0.25) is 9.59 Å². The van der Waals surface area contributed by atoms with E-state index in [2.05, 4.69) is 31.3 Å². The fourth-order valence-corrected chi connectivity index (χ4v) is 4.09. The van der Waals surface area contributed by atoms with Gasteiger partial charge in [-0.25, -0.2) is 9.37 Å². The molecule has 11 heteroatoms. The molecule has 0 bridgehead atoms. The zero-order valence-corrected chi connectivity index (χ0v) is 22.1. The fourth-order valence-electron chi connectivity index (χ4n) is 3.45. The molecule has 37 heavy (non-hydrogen) atoms. The molecule has 1 aromatic heterocycles. The number of rotatable bonds is 8. The molecule has 3 aromatic carbocycles. The van der Waals surface area contributed by atoms with Crippen molar-refractivity contribution in [2.45, 2.75) is 13.8 Å². The highest BCUT2D eigenvalue weighted by molar-refractivity contribution is 9.10. The molecular formula is C26H21BrClFN4O4. The number of hydrogen-bond acceptors (Lipinski definition) is 6. The van der Waals surface area contributed by atoms with Crippen molar-refractivity contribution in [3.05, 3.63) is 91.7 Å². The average Bonchev–Trinajstić information content (AvgIpc) is 2.85. The number of carbonyl (C=O) groups is 1. The molecule has 0 saturated heterocycles. The van der Waals surface area contributed by atoms with Crippen molar-refractivity contribution in [1.82, 2.24) is 9.66 Å². The molecule has 0 spiro atoms. The van der Waals surface area contributed by atoms with Crippen LogP contribution in [0.2, 0.25) is 5.02 Å². The molecule has 0 atom stereocenters. The van der Waals surface area contributed by atoms with Crippen molar-refractivity contribution in [2.24, 2.45) is 5.10 Å². The maximum atomic E-state index is 13.1. The monoisotopic (exact) mass is 586 g/mol. The highest BCUT2D eigenvalue weighted by Gasteiger charge is 2.15. The second-order valence-corrected chi connectivity index (χ2v) is 9.11. The Morgan fingerprint density at radius 3 is 2.68 bits per heavy atom. The SMILES string of the molecule is CCOc1cc(C=Nn2c(C)nc3ccc(Br)cc3c2=O)cc(Cl)c1OCC(=O)Nc1ccc(F)cc1. The summed E-state index contributed by atoms with van der Waals surface area (Å²) in [6, 6.07) is 13.8. The lowest BCUT2D eigenvalue weighted by molar-refractivity contribution is -0.118. The van der Waals surface area contributed by atoms with Gasteiger partial charge in [0.25, 0.3) is 11.5 Å². The Hall–Kier alpha value is -3.76. The minimum Gasteiger partial charge on any atom is -0.490 e. The molecule has 0 saturated carbocycles. The van der Waals surface area contributed by atoms with E-state index in [4.69, 9.17) is 21.1 Å². The van der Waals surface area contributed by atoms with Crippen LogP contribution in [0.1, 0.15) is 18.3 Å². The quantitative estimate of drug-likeness (QED) is 0.273. The van der Waals surface area contributed by atoms with Crippen LogP contribution >= 0.6 is 27.5 Å². The third kappa shape index (κ3) is 6.33. The van der Waals surface area contributed by atoms with Crippen molar-refractivity contribution >= 4 is 56.2 Å². The molecule has 0 unspecified atom stereocenters. The van der Waals surface area contributed by atoms with Gasteiger partial charge < -0.3 is 14.8 Å². The predicted octanol–water partition coefficient (Wildman–Crippen LogP) is 5.56. The topological polar surface area (TPSA) is 94.8 Å². The number of halogens is 3. The summed E-state index contributed by atoms with van der Waals surface area (Å²) in [6.45, 7) is 3.45. The van der Waals surface area contributed by atoms with Crippen LogP contribution in [0.3, 0.4) is 0 Å². The first-order valence-electron chi connectivity index (χ1n) is 11.1. The highest BCUT2D eigenvalue weighted by Crippen LogP contribution is 2.36. The van der Waals surface area contributed by atoms with Gasteiger partial charge in [-0.1, -0.05) is 27.5 Å². The number of aromatic nitrogens is 2. The predicted molar refractivity (Wildman–Crippen MR) is 145 cm³/mol. The zero-order valence-electron chi connectivity index (χ0n) is 19.8. The molecule has 1 amide bonds. The van der Waals surface area contributed by atoms with Gasteiger partial charge in [-0.05, 0) is 74.0 Å². The van der Waals surface area contributed by atoms with Crippen LogP contribution in [0.4, 0.5) is 10.1 Å². The third-order valence-electron chi connectivity index (χ3n) is 5.10. The van der Waals surface area contributed by atoms with Gasteiger partial charge in [0.15, 0.2) is 18.1 Å². The van der Waals surface area contributed by atoms with Crippen LogP contribution < -0.4 is 20.3 Å². The Bertz CT molecular complexity index is 1560. The lowest BCUT2D eigenvalue weighted by Crippen LogP contribution is -2.21. The first-order valence-corrected chi connectivity index (χ1v) is 12.3. The van der Waals surface area contributed by atoms with Crippen LogP contribution in [-0.2, 0) is 4.79 Å². The fraction of sp³-hybridized carbons (Fsp3) is 0.154. The number of fused-ring (bicyclic) bond motifs is 1. The molecule has 1 N–H and O–H groups in total. The summed E-state index contributed by atoms with van der Waals surface area (Å²) in [5, 5.41) is 7.53. The van der Waals surface area contributed by atoms with E-state index in [-0.39, 0.29) is 22.9 Å². The minimum atomic E-state index is -0.457. The van der Waals surface area contributed by atoms with Crippen molar-refractivity contribution in [3.63, 3.8) is 0 Å². The van der Waals surface area contributed by atoms with Crippen LogP contribution in [0, 0.1) is 12.7 Å². The summed E-state index contributed by atoms with van der Waals surface area (Å²) in [5.74, 6) is 0.0348. The molecular weight excluding hydrogens is 567 g/mol. The average molecular weight is 588 g/mol. The van der Waals surface area contributed by atoms with Gasteiger partial charge in [0, 0.05) is 10.2 Å². The van der Waals surface area contributed by atoms with Gasteiger partial charge in [0.05, 0.1) is 28.7 Å². The Kier molecular flexibility index (Phi) is 8.20. The molecule has 4 rings (SSSR count). The largest absolute Gasteiger partial charge is 0.490 e. The van der Waals surface area contributed by atoms with Crippen LogP contribution in [-0.4, -0.2) is 35.0 Å². The number of ether oxygens (including phenoxy) is 2. The molecule has 0 aliphatic heterocycles. The molecule has 190 valence electrons. The van der Waals surface area contributed by atoms with Gasteiger partial charge in [0.1, 0.15) is 11.6 Å². The molecule has 8 nitrogen and oxygen atoms in total. The maximum absolute atomic E-state index is 13.1. The van der Waals surface area contributed by atoms with E-state index < -0.39 is 11.7 Å². The summed E-state index contributed by atoms with van der Waals surface area (Å²) in [7, 11) is 0. The summed E-state index contributed by atoms with van der Waals surface area (Å²) < 4.78 is 26.3. The number of hydrogen-bond donors (Lipinski definition) is 1. The van der Waals surface area contributed by atoms with Gasteiger partial charge in [-0.15, -0.1) is 0 Å². The minimum absolute atomic E-state index is 0.181. The number of aryl methyl sites for hydroxylation is 1. The smallest absolute Gasteiger partial charge is 0.282 e. The van der Waals surface area contributed by atoms with Gasteiger partial charge in [-0.2, -0.15) is 9.78 Å². The molecule has 0 aliphatic carbocycles. The van der Waals surface area contributed by atoms with E-state index in [1.54, 1.807) is 38.1 Å². The Balaban J connectivity index is 1.56.